The Bertz CT molecular complexity index is 1420. The molecule has 0 radical (unpaired) electrons. The molecule has 13 heteroatoms. The average Bonchev–Trinajstić information content (AvgIpc) is 3.11. The molecule has 0 saturated carbocycles. The van der Waals surface area contributed by atoms with Crippen molar-refractivity contribution in [2.75, 3.05) is 0 Å². The maximum Gasteiger partial charge on any atom is 0.328 e. The lowest BCUT2D eigenvalue weighted by molar-refractivity contribution is -0.155. The molecule has 0 spiro atoms. The molecule has 0 aromatic heterocycles. The van der Waals surface area contributed by atoms with Gasteiger partial charge in [0, 0.05) is 19.3 Å². The third-order valence-electron chi connectivity index (χ3n) is 8.32. The molecule has 53 heavy (non-hydrogen) atoms. The van der Waals surface area contributed by atoms with E-state index in [1.165, 1.54) is 32.1 Å². The molecule has 0 heterocycles. The summed E-state index contributed by atoms with van der Waals surface area (Å²) in [5.74, 6) is -16.2. The summed E-state index contributed by atoms with van der Waals surface area (Å²) in [5.41, 5.74) is 0.233. The second-order valence-corrected chi connectivity index (χ2v) is 14.2. The van der Waals surface area contributed by atoms with E-state index in [1.807, 2.05) is 20.8 Å². The second-order valence-electron chi connectivity index (χ2n) is 14.2. The first-order valence-corrected chi connectivity index (χ1v) is 18.6. The van der Waals surface area contributed by atoms with Gasteiger partial charge in [0.2, 0.25) is 40.7 Å². The molecular formula is C40H54F5NO7. The van der Waals surface area contributed by atoms with Crippen molar-refractivity contribution in [1.82, 2.24) is 5.32 Å². The Morgan fingerprint density at radius 3 is 1.55 bits per heavy atom. The normalized spacial score (nSPS) is 11.9. The van der Waals surface area contributed by atoms with E-state index in [0.29, 0.717) is 18.4 Å². The number of unbranched alkanes of at least 4 members (excludes halogenated alkanes) is 13. The number of hydrogen-bond acceptors (Lipinski definition) is 7. The van der Waals surface area contributed by atoms with Gasteiger partial charge in [-0.2, -0.15) is 8.78 Å². The number of benzene rings is 2. The van der Waals surface area contributed by atoms with Gasteiger partial charge in [0.25, 0.3) is 0 Å². The van der Waals surface area contributed by atoms with Crippen molar-refractivity contribution < 1.29 is 55.3 Å². The Hall–Kier alpha value is -4.03. The minimum atomic E-state index is -2.40. The van der Waals surface area contributed by atoms with Crippen LogP contribution in [-0.4, -0.2) is 35.5 Å². The fraction of sp³-hybridized carbons (Fsp3) is 0.600. The molecule has 0 aliphatic rings. The number of hydrogen-bond donors (Lipinski definition) is 1. The van der Waals surface area contributed by atoms with Crippen LogP contribution >= 0.6 is 0 Å². The van der Waals surface area contributed by atoms with Crippen LogP contribution in [0.2, 0.25) is 0 Å². The lowest BCUT2D eigenvalue weighted by Crippen LogP contribution is -2.42. The molecular weight excluding hydrogens is 701 g/mol. The van der Waals surface area contributed by atoms with Crippen molar-refractivity contribution in [3.63, 3.8) is 0 Å². The first-order valence-electron chi connectivity index (χ1n) is 18.6. The quantitative estimate of drug-likeness (QED) is 0.0269. The summed E-state index contributed by atoms with van der Waals surface area (Å²) >= 11 is 0. The fourth-order valence-electron chi connectivity index (χ4n) is 5.51. The van der Waals surface area contributed by atoms with E-state index in [0.717, 1.165) is 51.4 Å². The Morgan fingerprint density at radius 1 is 0.604 bits per heavy atom. The van der Waals surface area contributed by atoms with Gasteiger partial charge in [-0.15, -0.1) is 0 Å². The van der Waals surface area contributed by atoms with E-state index in [4.69, 9.17) is 9.47 Å². The molecule has 8 nitrogen and oxygen atoms in total. The van der Waals surface area contributed by atoms with Crippen molar-refractivity contribution in [2.24, 2.45) is 0 Å². The average molecular weight is 756 g/mol. The van der Waals surface area contributed by atoms with Gasteiger partial charge < -0.3 is 19.5 Å². The van der Waals surface area contributed by atoms with Crippen LogP contribution in [0, 0.1) is 29.1 Å². The van der Waals surface area contributed by atoms with Crippen molar-refractivity contribution in [2.45, 2.75) is 155 Å². The smallest absolute Gasteiger partial charge is 0.328 e. The van der Waals surface area contributed by atoms with Gasteiger partial charge in [0.05, 0.1) is 0 Å². The van der Waals surface area contributed by atoms with Gasteiger partial charge in [0.15, 0.2) is 0 Å². The summed E-state index contributed by atoms with van der Waals surface area (Å²) in [7, 11) is 0. The number of esters is 3. The van der Waals surface area contributed by atoms with Gasteiger partial charge in [-0.25, -0.2) is 18.0 Å². The zero-order chi connectivity index (χ0) is 39.2. The monoisotopic (exact) mass is 755 g/mol. The SMILES string of the molecule is CC(C)(C)OC(=O)CCCCCCCCCCCCCCCCC(=O)NC(CCC(=O)Oc1c(F)c(F)c(F)c(F)c1F)C(=O)OCc1ccccc1. The molecule has 0 bridgehead atoms. The van der Waals surface area contributed by atoms with Crippen molar-refractivity contribution in [3.05, 3.63) is 65.0 Å². The maximum absolute atomic E-state index is 14.0. The number of amides is 1. The van der Waals surface area contributed by atoms with Crippen LogP contribution in [0.3, 0.4) is 0 Å². The first-order chi connectivity index (χ1) is 25.2. The van der Waals surface area contributed by atoms with Crippen LogP contribution in [0.1, 0.15) is 142 Å². The van der Waals surface area contributed by atoms with Gasteiger partial charge in [0.1, 0.15) is 18.2 Å². The lowest BCUT2D eigenvalue weighted by Gasteiger charge is -2.19. The largest absolute Gasteiger partial charge is 0.460 e. The number of carbonyl (C=O) groups is 4. The van der Waals surface area contributed by atoms with E-state index in [2.05, 4.69) is 10.1 Å². The highest BCUT2D eigenvalue weighted by atomic mass is 19.2. The Kier molecular flexibility index (Phi) is 20.7. The summed E-state index contributed by atoms with van der Waals surface area (Å²) < 4.78 is 83.3. The van der Waals surface area contributed by atoms with Crippen LogP contribution in [0.4, 0.5) is 22.0 Å². The third kappa shape index (κ3) is 18.5. The number of rotatable bonds is 25. The van der Waals surface area contributed by atoms with Crippen molar-refractivity contribution >= 4 is 23.8 Å². The van der Waals surface area contributed by atoms with E-state index >= 15 is 0 Å². The third-order valence-corrected chi connectivity index (χ3v) is 8.32. The van der Waals surface area contributed by atoms with Gasteiger partial charge in [-0.1, -0.05) is 107 Å². The minimum Gasteiger partial charge on any atom is -0.460 e. The van der Waals surface area contributed by atoms with Crippen LogP contribution in [0.5, 0.6) is 5.75 Å². The zero-order valence-electron chi connectivity index (χ0n) is 31.1. The van der Waals surface area contributed by atoms with Crippen LogP contribution in [0.15, 0.2) is 30.3 Å². The molecule has 2 aromatic rings. The summed E-state index contributed by atoms with van der Waals surface area (Å²) in [5, 5.41) is 2.52. The van der Waals surface area contributed by atoms with Gasteiger partial charge >= 0.3 is 17.9 Å². The van der Waals surface area contributed by atoms with Gasteiger partial charge in [-0.3, -0.25) is 14.4 Å². The summed E-state index contributed by atoms with van der Waals surface area (Å²) in [4.78, 5) is 49.6. The standard InChI is InChI=1S/C40H54F5NO7/c1-40(2,3)53-32(49)24-20-15-13-11-9-7-5-4-6-8-10-12-14-19-23-30(47)46-29(39(50)51-27-28-21-17-16-18-22-28)25-26-31(48)52-38-36(44)34(42)33(41)35(43)37(38)45/h16-18,21-22,29H,4-15,19-20,23-27H2,1-3H3,(H,46,47). The molecule has 0 fully saturated rings. The molecule has 296 valence electrons. The molecule has 1 N–H and O–H groups in total. The van der Waals surface area contributed by atoms with E-state index in [9.17, 15) is 41.1 Å². The van der Waals surface area contributed by atoms with Crippen LogP contribution < -0.4 is 10.1 Å². The summed E-state index contributed by atoms with van der Waals surface area (Å²) in [6.45, 7) is 5.50. The molecule has 0 saturated heterocycles. The topological polar surface area (TPSA) is 108 Å². The Balaban J connectivity index is 1.65. The summed E-state index contributed by atoms with van der Waals surface area (Å²) in [6.07, 6.45) is 14.1. The molecule has 2 aromatic carbocycles. The predicted molar refractivity (Wildman–Crippen MR) is 189 cm³/mol. The highest BCUT2D eigenvalue weighted by Crippen LogP contribution is 2.29. The van der Waals surface area contributed by atoms with Gasteiger partial charge in [-0.05, 0) is 45.6 Å². The fourth-order valence-corrected chi connectivity index (χ4v) is 5.51. The molecule has 0 aliphatic carbocycles. The molecule has 1 amide bonds. The molecule has 1 unspecified atom stereocenters. The highest BCUT2D eigenvalue weighted by molar-refractivity contribution is 5.85. The van der Waals surface area contributed by atoms with E-state index in [1.54, 1.807) is 30.3 Å². The number of nitrogens with one attached hydrogen (secondary N) is 1. The van der Waals surface area contributed by atoms with E-state index < -0.39 is 77.2 Å². The Morgan fingerprint density at radius 2 is 1.06 bits per heavy atom. The second kappa shape index (κ2) is 24.3. The number of ether oxygens (including phenoxy) is 3. The summed E-state index contributed by atoms with van der Waals surface area (Å²) in [6, 6.07) is 7.34. The van der Waals surface area contributed by atoms with E-state index in [-0.39, 0.29) is 19.0 Å². The lowest BCUT2D eigenvalue weighted by atomic mass is 10.0. The number of carbonyl (C=O) groups excluding carboxylic acids is 4. The first kappa shape index (κ1) is 45.1. The predicted octanol–water partition coefficient (Wildman–Crippen LogP) is 9.88. The minimum absolute atomic E-state index is 0.110. The molecule has 2 rings (SSSR count). The van der Waals surface area contributed by atoms with Crippen LogP contribution in [-0.2, 0) is 35.3 Å². The molecule has 0 aliphatic heterocycles. The van der Waals surface area contributed by atoms with Crippen molar-refractivity contribution in [3.8, 4) is 5.75 Å². The maximum atomic E-state index is 14.0. The zero-order valence-corrected chi connectivity index (χ0v) is 31.1. The Labute approximate surface area is 309 Å². The molecule has 1 atom stereocenters. The highest BCUT2D eigenvalue weighted by Gasteiger charge is 2.30. The van der Waals surface area contributed by atoms with Crippen LogP contribution in [0.25, 0.3) is 0 Å². The van der Waals surface area contributed by atoms with Crippen molar-refractivity contribution in [1.29, 1.82) is 0 Å². The number of halogens is 5.